The Bertz CT molecular complexity index is 298. The second-order valence-corrected chi connectivity index (χ2v) is 7.06. The summed E-state index contributed by atoms with van der Waals surface area (Å²) in [5.41, 5.74) is -1.03. The SMILES string of the molecule is O=S(=O)(O)O[C@@H](CO)[C@H](O)[S+]1CCCCC1. The fraction of sp³-hybridized carbons (Fsp3) is 1.00. The molecule has 1 fully saturated rings. The van der Waals surface area contributed by atoms with Crippen molar-refractivity contribution in [2.24, 2.45) is 0 Å². The van der Waals surface area contributed by atoms with E-state index in [0.717, 1.165) is 30.8 Å². The number of hydrogen-bond acceptors (Lipinski definition) is 5. The Kier molecular flexibility index (Phi) is 5.48. The highest BCUT2D eigenvalue weighted by Gasteiger charge is 2.39. The van der Waals surface area contributed by atoms with Crippen LogP contribution in [-0.4, -0.2) is 52.8 Å². The highest BCUT2D eigenvalue weighted by atomic mass is 32.3. The molecule has 0 radical (unpaired) electrons. The number of aliphatic hydroxyl groups excluding tert-OH is 2. The summed E-state index contributed by atoms with van der Waals surface area (Å²) in [5, 5.41) is 18.8. The molecule has 0 spiro atoms. The van der Waals surface area contributed by atoms with E-state index in [2.05, 4.69) is 4.18 Å². The molecule has 1 aliphatic heterocycles. The molecule has 1 aliphatic rings. The molecule has 8 heteroatoms. The lowest BCUT2D eigenvalue weighted by Gasteiger charge is -2.22. The van der Waals surface area contributed by atoms with E-state index in [1.165, 1.54) is 0 Å². The standard InChI is InChI=1S/C8H16O6S2/c9-6-7(14-16(11,12)13)8(10)15-4-2-1-3-5-15/h7-10H,1-6H2/p+1/t7-,8+/m0/s1. The first kappa shape index (κ1) is 14.2. The molecule has 0 aromatic heterocycles. The van der Waals surface area contributed by atoms with Crippen molar-refractivity contribution in [3.8, 4) is 0 Å². The Morgan fingerprint density at radius 2 is 1.81 bits per heavy atom. The third-order valence-corrected chi connectivity index (χ3v) is 5.50. The summed E-state index contributed by atoms with van der Waals surface area (Å²) in [5.74, 6) is 1.62. The lowest BCUT2D eigenvalue weighted by molar-refractivity contribution is 0.0404. The summed E-state index contributed by atoms with van der Waals surface area (Å²) in [6, 6.07) is 0. The Labute approximate surface area is 97.9 Å². The molecule has 0 aromatic carbocycles. The van der Waals surface area contributed by atoms with Crippen molar-refractivity contribution in [2.75, 3.05) is 18.1 Å². The first-order valence-electron chi connectivity index (χ1n) is 5.05. The molecule has 2 atom stereocenters. The van der Waals surface area contributed by atoms with Crippen molar-refractivity contribution in [1.82, 2.24) is 0 Å². The van der Waals surface area contributed by atoms with Crippen molar-refractivity contribution in [3.05, 3.63) is 0 Å². The second kappa shape index (κ2) is 6.18. The molecule has 0 amide bonds. The monoisotopic (exact) mass is 273 g/mol. The fourth-order valence-corrected chi connectivity index (χ4v) is 4.59. The van der Waals surface area contributed by atoms with Crippen LogP contribution in [0.25, 0.3) is 0 Å². The maximum absolute atomic E-state index is 10.5. The lowest BCUT2D eigenvalue weighted by Crippen LogP contribution is -2.43. The van der Waals surface area contributed by atoms with Crippen LogP contribution in [0.4, 0.5) is 0 Å². The summed E-state index contributed by atoms with van der Waals surface area (Å²) in [6.07, 6.45) is 1.82. The maximum atomic E-state index is 10.5. The van der Waals surface area contributed by atoms with Crippen LogP contribution >= 0.6 is 0 Å². The van der Waals surface area contributed by atoms with Gasteiger partial charge in [-0.2, -0.15) is 8.42 Å². The Balaban J connectivity index is 2.57. The van der Waals surface area contributed by atoms with Gasteiger partial charge in [-0.15, -0.1) is 0 Å². The van der Waals surface area contributed by atoms with Gasteiger partial charge in [0.15, 0.2) is 6.10 Å². The molecule has 3 N–H and O–H groups in total. The van der Waals surface area contributed by atoms with Gasteiger partial charge in [-0.3, -0.25) is 4.55 Å². The smallest absolute Gasteiger partial charge is 0.393 e. The van der Waals surface area contributed by atoms with Crippen molar-refractivity contribution in [3.63, 3.8) is 0 Å². The Hall–Kier alpha value is 0.140. The molecule has 1 saturated heterocycles. The third-order valence-electron chi connectivity index (χ3n) is 2.40. The minimum absolute atomic E-state index is 0.359. The maximum Gasteiger partial charge on any atom is 0.397 e. The molecule has 0 saturated carbocycles. The number of rotatable bonds is 5. The molecule has 1 heterocycles. The molecule has 6 nitrogen and oxygen atoms in total. The second-order valence-electron chi connectivity index (χ2n) is 3.64. The van der Waals surface area contributed by atoms with Crippen LogP contribution in [0.3, 0.4) is 0 Å². The third kappa shape index (κ3) is 4.56. The molecule has 1 rings (SSSR count). The number of aliphatic hydroxyl groups is 2. The van der Waals surface area contributed by atoms with E-state index < -0.39 is 28.5 Å². The van der Waals surface area contributed by atoms with Crippen molar-refractivity contribution in [1.29, 1.82) is 0 Å². The molecule has 16 heavy (non-hydrogen) atoms. The summed E-state index contributed by atoms with van der Waals surface area (Å²) in [7, 11) is -4.99. The van der Waals surface area contributed by atoms with Gasteiger partial charge in [-0.05, 0) is 19.3 Å². The van der Waals surface area contributed by atoms with E-state index in [1.807, 2.05) is 0 Å². The summed E-state index contributed by atoms with van der Waals surface area (Å²) in [4.78, 5) is 0. The fourth-order valence-electron chi connectivity index (χ4n) is 1.63. The zero-order valence-corrected chi connectivity index (χ0v) is 10.4. The summed E-state index contributed by atoms with van der Waals surface area (Å²) in [6.45, 7) is -0.634. The van der Waals surface area contributed by atoms with Crippen LogP contribution in [0.15, 0.2) is 0 Å². The van der Waals surface area contributed by atoms with Gasteiger partial charge in [0.25, 0.3) is 0 Å². The normalized spacial score (nSPS) is 22.9. The van der Waals surface area contributed by atoms with E-state index in [9.17, 15) is 13.5 Å². The zero-order chi connectivity index (χ0) is 12.2. The molecule has 0 aromatic rings. The van der Waals surface area contributed by atoms with E-state index in [1.54, 1.807) is 0 Å². The topological polar surface area (TPSA) is 104 Å². The molecular weight excluding hydrogens is 256 g/mol. The predicted molar refractivity (Wildman–Crippen MR) is 60.5 cm³/mol. The average molecular weight is 273 g/mol. The zero-order valence-electron chi connectivity index (χ0n) is 8.78. The van der Waals surface area contributed by atoms with Gasteiger partial charge < -0.3 is 10.2 Å². The minimum atomic E-state index is -4.63. The minimum Gasteiger partial charge on any atom is -0.393 e. The van der Waals surface area contributed by atoms with E-state index in [-0.39, 0.29) is 10.9 Å². The first-order valence-corrected chi connectivity index (χ1v) is 8.04. The van der Waals surface area contributed by atoms with Crippen LogP contribution in [0, 0.1) is 0 Å². The number of hydrogen-bond donors (Lipinski definition) is 3. The van der Waals surface area contributed by atoms with Crippen LogP contribution in [0.5, 0.6) is 0 Å². The van der Waals surface area contributed by atoms with Gasteiger partial charge in [-0.1, -0.05) is 0 Å². The Morgan fingerprint density at radius 3 is 2.25 bits per heavy atom. The van der Waals surface area contributed by atoms with E-state index >= 15 is 0 Å². The Morgan fingerprint density at radius 1 is 1.25 bits per heavy atom. The van der Waals surface area contributed by atoms with E-state index in [0.29, 0.717) is 0 Å². The van der Waals surface area contributed by atoms with Crippen molar-refractivity contribution < 1.29 is 27.4 Å². The van der Waals surface area contributed by atoms with Crippen LogP contribution in [0.2, 0.25) is 0 Å². The molecule has 0 bridgehead atoms. The lowest BCUT2D eigenvalue weighted by atomic mass is 10.3. The van der Waals surface area contributed by atoms with Crippen LogP contribution < -0.4 is 0 Å². The van der Waals surface area contributed by atoms with Crippen molar-refractivity contribution in [2.45, 2.75) is 30.8 Å². The molecular formula is C8H17O6S2+. The van der Waals surface area contributed by atoms with Gasteiger partial charge in [-0.25, -0.2) is 4.18 Å². The van der Waals surface area contributed by atoms with Crippen molar-refractivity contribution >= 4 is 21.3 Å². The summed E-state index contributed by atoms with van der Waals surface area (Å²) >= 11 is 0. The highest BCUT2D eigenvalue weighted by molar-refractivity contribution is 7.97. The van der Waals surface area contributed by atoms with Crippen LogP contribution in [0.1, 0.15) is 19.3 Å². The average Bonchev–Trinajstić information content (AvgIpc) is 2.25. The summed E-state index contributed by atoms with van der Waals surface area (Å²) < 4.78 is 33.7. The van der Waals surface area contributed by atoms with Gasteiger partial charge in [0.1, 0.15) is 11.5 Å². The molecule has 96 valence electrons. The predicted octanol–water partition coefficient (Wildman–Crippen LogP) is -0.713. The quantitative estimate of drug-likeness (QED) is 0.451. The molecule has 0 aliphatic carbocycles. The van der Waals surface area contributed by atoms with E-state index in [4.69, 9.17) is 9.66 Å². The van der Waals surface area contributed by atoms with Gasteiger partial charge in [0.2, 0.25) is 5.44 Å². The largest absolute Gasteiger partial charge is 0.397 e. The van der Waals surface area contributed by atoms with Gasteiger partial charge >= 0.3 is 10.4 Å². The highest BCUT2D eigenvalue weighted by Crippen LogP contribution is 2.20. The molecule has 0 unspecified atom stereocenters. The van der Waals surface area contributed by atoms with Gasteiger partial charge in [0.05, 0.1) is 6.61 Å². The van der Waals surface area contributed by atoms with Crippen LogP contribution in [-0.2, 0) is 25.5 Å². The van der Waals surface area contributed by atoms with Gasteiger partial charge in [0, 0.05) is 10.9 Å². The first-order chi connectivity index (χ1) is 7.44.